The number of ether oxygens (including phenoxy) is 1. The van der Waals surface area contributed by atoms with Crippen LogP contribution in [0.4, 0.5) is 0 Å². The summed E-state index contributed by atoms with van der Waals surface area (Å²) in [5.74, 6) is 1.03. The smallest absolute Gasteiger partial charge is 0.224 e. The summed E-state index contributed by atoms with van der Waals surface area (Å²) in [6.07, 6.45) is 3.34. The van der Waals surface area contributed by atoms with Crippen molar-refractivity contribution >= 4 is 39.3 Å². The van der Waals surface area contributed by atoms with Crippen molar-refractivity contribution in [3.63, 3.8) is 0 Å². The summed E-state index contributed by atoms with van der Waals surface area (Å²) in [5, 5.41) is 2.91. The Hall–Kier alpha value is -2.92. The molecule has 5 rings (SSSR count). The standard InChI is InChI=1S/C23H22ClN3O2/c1-29-22-4-2-3-21-16(22)7-10-26(21)12-9-23(28)27-11-8-20-18(14-27)17-13-15(24)5-6-19(17)25-20/h2-7,10,13,25H,8-9,11-12,14H2,1H3. The van der Waals surface area contributed by atoms with E-state index in [0.29, 0.717) is 19.5 Å². The molecule has 2 aromatic carbocycles. The number of methoxy groups -OCH3 is 1. The number of rotatable bonds is 4. The van der Waals surface area contributed by atoms with Crippen molar-refractivity contribution in [2.24, 2.45) is 0 Å². The van der Waals surface area contributed by atoms with E-state index in [1.54, 1.807) is 7.11 Å². The Labute approximate surface area is 173 Å². The number of aromatic nitrogens is 2. The Morgan fingerprint density at radius 2 is 2.10 bits per heavy atom. The normalized spacial score (nSPS) is 13.8. The van der Waals surface area contributed by atoms with Gasteiger partial charge in [-0.15, -0.1) is 0 Å². The Balaban J connectivity index is 1.32. The number of H-pyrrole nitrogens is 1. The minimum absolute atomic E-state index is 0.178. The summed E-state index contributed by atoms with van der Waals surface area (Å²) < 4.78 is 7.55. The molecule has 0 bridgehead atoms. The zero-order valence-corrected chi connectivity index (χ0v) is 17.0. The Morgan fingerprint density at radius 1 is 1.21 bits per heavy atom. The molecule has 0 radical (unpaired) electrons. The van der Waals surface area contributed by atoms with Crippen LogP contribution in [0.15, 0.2) is 48.7 Å². The summed E-state index contributed by atoms with van der Waals surface area (Å²) in [6.45, 7) is 2.03. The third kappa shape index (κ3) is 3.15. The summed E-state index contributed by atoms with van der Waals surface area (Å²) in [7, 11) is 1.68. The monoisotopic (exact) mass is 407 g/mol. The summed E-state index contributed by atoms with van der Waals surface area (Å²) >= 11 is 6.19. The predicted molar refractivity (Wildman–Crippen MR) is 116 cm³/mol. The number of benzene rings is 2. The number of hydrogen-bond donors (Lipinski definition) is 1. The van der Waals surface area contributed by atoms with Crippen LogP contribution in [0.25, 0.3) is 21.8 Å². The number of hydrogen-bond acceptors (Lipinski definition) is 2. The van der Waals surface area contributed by atoms with Crippen LogP contribution in [0.1, 0.15) is 17.7 Å². The van der Waals surface area contributed by atoms with E-state index in [2.05, 4.69) is 15.6 Å². The van der Waals surface area contributed by atoms with Crippen LogP contribution in [-0.4, -0.2) is 34.0 Å². The van der Waals surface area contributed by atoms with Gasteiger partial charge < -0.3 is 19.2 Å². The molecule has 0 fully saturated rings. The average Bonchev–Trinajstić information content (AvgIpc) is 3.32. The van der Waals surface area contributed by atoms with E-state index < -0.39 is 0 Å². The number of carbonyl (C=O) groups is 1. The summed E-state index contributed by atoms with van der Waals surface area (Å²) in [5.41, 5.74) is 4.58. The zero-order chi connectivity index (χ0) is 20.0. The van der Waals surface area contributed by atoms with Crippen molar-refractivity contribution < 1.29 is 9.53 Å². The number of carbonyl (C=O) groups excluding carboxylic acids is 1. The zero-order valence-electron chi connectivity index (χ0n) is 16.2. The van der Waals surface area contributed by atoms with Gasteiger partial charge in [0.25, 0.3) is 0 Å². The first-order valence-corrected chi connectivity index (χ1v) is 10.2. The summed E-state index contributed by atoms with van der Waals surface area (Å²) in [4.78, 5) is 18.4. The van der Waals surface area contributed by atoms with Crippen LogP contribution in [0.5, 0.6) is 5.75 Å². The molecule has 4 aromatic rings. The van der Waals surface area contributed by atoms with E-state index in [4.69, 9.17) is 16.3 Å². The lowest BCUT2D eigenvalue weighted by molar-refractivity contribution is -0.132. The summed E-state index contributed by atoms with van der Waals surface area (Å²) in [6, 6.07) is 13.9. The lowest BCUT2D eigenvalue weighted by atomic mass is 10.0. The fourth-order valence-electron chi connectivity index (χ4n) is 4.34. The maximum absolute atomic E-state index is 12.9. The van der Waals surface area contributed by atoms with Crippen molar-refractivity contribution in [3.8, 4) is 5.75 Å². The van der Waals surface area contributed by atoms with E-state index in [1.165, 1.54) is 11.3 Å². The van der Waals surface area contributed by atoms with Gasteiger partial charge in [-0.05, 0) is 36.4 Å². The van der Waals surface area contributed by atoms with Crippen LogP contribution in [-0.2, 0) is 24.3 Å². The average molecular weight is 408 g/mol. The minimum Gasteiger partial charge on any atom is -0.496 e. The first kappa shape index (κ1) is 18.1. The minimum atomic E-state index is 0.178. The number of nitrogens with one attached hydrogen (secondary N) is 1. The van der Waals surface area contributed by atoms with Crippen LogP contribution >= 0.6 is 11.6 Å². The Morgan fingerprint density at radius 3 is 2.97 bits per heavy atom. The molecule has 1 N–H and O–H groups in total. The number of aryl methyl sites for hydroxylation is 1. The fraction of sp³-hybridized carbons (Fsp3) is 0.261. The molecular formula is C23H22ClN3O2. The molecule has 29 heavy (non-hydrogen) atoms. The molecule has 0 spiro atoms. The number of halogens is 1. The SMILES string of the molecule is COc1cccc2c1ccn2CCC(=O)N1CCc2[nH]c3ccc(Cl)cc3c2C1. The lowest BCUT2D eigenvalue weighted by Crippen LogP contribution is -2.36. The van der Waals surface area contributed by atoms with Gasteiger partial charge in [-0.25, -0.2) is 0 Å². The molecule has 0 saturated heterocycles. The highest BCUT2D eigenvalue weighted by Crippen LogP contribution is 2.30. The lowest BCUT2D eigenvalue weighted by Gasteiger charge is -2.27. The van der Waals surface area contributed by atoms with Gasteiger partial charge in [-0.2, -0.15) is 0 Å². The van der Waals surface area contributed by atoms with E-state index in [1.807, 2.05) is 47.5 Å². The molecule has 1 aliphatic heterocycles. The Kier molecular flexibility index (Phi) is 4.47. The van der Waals surface area contributed by atoms with Gasteiger partial charge >= 0.3 is 0 Å². The molecule has 0 unspecified atom stereocenters. The highest BCUT2D eigenvalue weighted by atomic mass is 35.5. The van der Waals surface area contributed by atoms with Gasteiger partial charge in [-0.1, -0.05) is 17.7 Å². The van der Waals surface area contributed by atoms with E-state index in [9.17, 15) is 4.79 Å². The topological polar surface area (TPSA) is 50.3 Å². The van der Waals surface area contributed by atoms with Crippen LogP contribution in [0, 0.1) is 0 Å². The van der Waals surface area contributed by atoms with Crippen molar-refractivity contribution in [1.82, 2.24) is 14.5 Å². The second-order valence-electron chi connectivity index (χ2n) is 7.49. The van der Waals surface area contributed by atoms with Crippen molar-refractivity contribution in [2.45, 2.75) is 25.9 Å². The van der Waals surface area contributed by atoms with Crippen LogP contribution in [0.3, 0.4) is 0 Å². The maximum atomic E-state index is 12.9. The molecule has 0 atom stereocenters. The molecule has 6 heteroatoms. The van der Waals surface area contributed by atoms with Crippen molar-refractivity contribution in [1.29, 1.82) is 0 Å². The number of aromatic amines is 1. The first-order chi connectivity index (χ1) is 14.1. The number of nitrogens with zero attached hydrogens (tertiary/aromatic N) is 2. The molecular weight excluding hydrogens is 386 g/mol. The van der Waals surface area contributed by atoms with E-state index >= 15 is 0 Å². The van der Waals surface area contributed by atoms with Gasteiger partial charge in [0.05, 0.1) is 12.6 Å². The number of fused-ring (bicyclic) bond motifs is 4. The molecule has 148 valence electrons. The van der Waals surface area contributed by atoms with Crippen molar-refractivity contribution in [2.75, 3.05) is 13.7 Å². The second-order valence-corrected chi connectivity index (χ2v) is 7.93. The quantitative estimate of drug-likeness (QED) is 0.530. The predicted octanol–water partition coefficient (Wildman–Crippen LogP) is 4.76. The third-order valence-corrected chi connectivity index (χ3v) is 6.09. The molecule has 1 amide bonds. The highest BCUT2D eigenvalue weighted by molar-refractivity contribution is 6.31. The fourth-order valence-corrected chi connectivity index (χ4v) is 4.51. The third-order valence-electron chi connectivity index (χ3n) is 5.85. The maximum Gasteiger partial charge on any atom is 0.224 e. The van der Waals surface area contributed by atoms with Crippen molar-refractivity contribution in [3.05, 3.63) is 64.9 Å². The highest BCUT2D eigenvalue weighted by Gasteiger charge is 2.24. The van der Waals surface area contributed by atoms with Crippen LogP contribution < -0.4 is 4.74 Å². The van der Waals surface area contributed by atoms with Gasteiger partial charge in [0.2, 0.25) is 5.91 Å². The molecule has 0 saturated carbocycles. The van der Waals surface area contributed by atoms with Gasteiger partial charge in [-0.3, -0.25) is 4.79 Å². The van der Waals surface area contributed by atoms with Gasteiger partial charge in [0.15, 0.2) is 0 Å². The van der Waals surface area contributed by atoms with E-state index in [-0.39, 0.29) is 5.91 Å². The van der Waals surface area contributed by atoms with E-state index in [0.717, 1.165) is 45.5 Å². The number of amides is 1. The molecule has 1 aliphatic rings. The van der Waals surface area contributed by atoms with Gasteiger partial charge in [0, 0.05) is 71.2 Å². The Bertz CT molecular complexity index is 1220. The molecule has 3 heterocycles. The van der Waals surface area contributed by atoms with Crippen LogP contribution in [0.2, 0.25) is 5.02 Å². The van der Waals surface area contributed by atoms with Gasteiger partial charge in [0.1, 0.15) is 5.75 Å². The largest absolute Gasteiger partial charge is 0.496 e. The molecule has 5 nitrogen and oxygen atoms in total. The first-order valence-electron chi connectivity index (χ1n) is 9.82. The molecule has 2 aromatic heterocycles. The molecule has 0 aliphatic carbocycles. The second kappa shape index (κ2) is 7.16.